The molecule has 94 valence electrons. The first kappa shape index (κ1) is 13.8. The molecule has 0 fully saturated rings. The summed E-state index contributed by atoms with van der Waals surface area (Å²) in [5.74, 6) is 0.585. The molecule has 0 saturated heterocycles. The van der Waals surface area contributed by atoms with Crippen LogP contribution in [0.5, 0.6) is 0 Å². The molecule has 0 aliphatic heterocycles. The first-order valence-electron chi connectivity index (χ1n) is 6.15. The van der Waals surface area contributed by atoms with E-state index in [0.29, 0.717) is 5.92 Å². The van der Waals surface area contributed by atoms with Gasteiger partial charge < -0.3 is 0 Å². The van der Waals surface area contributed by atoms with Gasteiger partial charge in [-0.2, -0.15) is 0 Å². The minimum Gasteiger partial charge on any atom is -0.0609 e. The van der Waals surface area contributed by atoms with Gasteiger partial charge in [-0.3, -0.25) is 0 Å². The first-order chi connectivity index (χ1) is 8.65. The van der Waals surface area contributed by atoms with Gasteiger partial charge in [0, 0.05) is 8.95 Å². The maximum absolute atomic E-state index is 3.53. The second-order valence-corrected chi connectivity index (χ2v) is 6.46. The zero-order valence-electron chi connectivity index (χ0n) is 10.4. The number of benzene rings is 2. The van der Waals surface area contributed by atoms with E-state index in [0.717, 1.165) is 15.4 Å². The highest BCUT2D eigenvalue weighted by molar-refractivity contribution is 9.10. The molecule has 0 N–H and O–H groups in total. The van der Waals surface area contributed by atoms with Crippen molar-refractivity contribution in [3.8, 4) is 0 Å². The lowest BCUT2D eigenvalue weighted by atomic mass is 9.94. The Labute approximate surface area is 126 Å². The third kappa shape index (κ3) is 3.96. The van der Waals surface area contributed by atoms with E-state index >= 15 is 0 Å². The lowest BCUT2D eigenvalue weighted by Gasteiger charge is -2.12. The Morgan fingerprint density at radius 2 is 1.61 bits per heavy atom. The molecule has 0 radical (unpaired) electrons. The van der Waals surface area contributed by atoms with Crippen LogP contribution in [0.2, 0.25) is 0 Å². The molecule has 0 bridgehead atoms. The molecule has 0 saturated carbocycles. The molecule has 1 atom stereocenters. The Balaban J connectivity index is 1.98. The van der Waals surface area contributed by atoms with Crippen LogP contribution in [0.4, 0.5) is 0 Å². The predicted molar refractivity (Wildman–Crippen MR) is 85.0 cm³/mol. The normalized spacial score (nSPS) is 12.4. The molecule has 0 aliphatic rings. The van der Waals surface area contributed by atoms with Crippen LogP contribution in [0.1, 0.15) is 30.4 Å². The van der Waals surface area contributed by atoms with Crippen molar-refractivity contribution in [2.75, 3.05) is 0 Å². The molecule has 2 aromatic rings. The van der Waals surface area contributed by atoms with Gasteiger partial charge in [0.05, 0.1) is 0 Å². The van der Waals surface area contributed by atoms with E-state index in [-0.39, 0.29) is 0 Å². The standard InChI is InChI=1S/C16H16Br2/c1-12(14-5-3-7-16(18)11-14)8-9-13-4-2-6-15(17)10-13/h2-7,10-12H,8-9H2,1H3. The minimum atomic E-state index is 0.585. The van der Waals surface area contributed by atoms with Gasteiger partial charge in [0.2, 0.25) is 0 Å². The van der Waals surface area contributed by atoms with Crippen LogP contribution in [0, 0.1) is 0 Å². The highest BCUT2D eigenvalue weighted by Gasteiger charge is 2.06. The molecule has 2 rings (SSSR count). The smallest absolute Gasteiger partial charge is 0.0178 e. The fraction of sp³-hybridized carbons (Fsp3) is 0.250. The molecule has 0 amide bonds. The van der Waals surface area contributed by atoms with Gasteiger partial charge in [-0.05, 0) is 54.2 Å². The summed E-state index contributed by atoms with van der Waals surface area (Å²) in [7, 11) is 0. The number of halogens is 2. The summed E-state index contributed by atoms with van der Waals surface area (Å²) in [5, 5.41) is 0. The Bertz CT molecular complexity index is 520. The van der Waals surface area contributed by atoms with Crippen LogP contribution < -0.4 is 0 Å². The maximum Gasteiger partial charge on any atom is 0.0178 e. The van der Waals surface area contributed by atoms with Crippen LogP contribution in [0.3, 0.4) is 0 Å². The lowest BCUT2D eigenvalue weighted by molar-refractivity contribution is 0.679. The molecular weight excluding hydrogens is 352 g/mol. The van der Waals surface area contributed by atoms with E-state index in [1.807, 2.05) is 0 Å². The van der Waals surface area contributed by atoms with Gasteiger partial charge in [0.1, 0.15) is 0 Å². The third-order valence-electron chi connectivity index (χ3n) is 3.17. The van der Waals surface area contributed by atoms with Gasteiger partial charge in [0.25, 0.3) is 0 Å². The molecular formula is C16H16Br2. The van der Waals surface area contributed by atoms with Crippen molar-refractivity contribution < 1.29 is 0 Å². The lowest BCUT2D eigenvalue weighted by Crippen LogP contribution is -1.96. The quantitative estimate of drug-likeness (QED) is 0.626. The van der Waals surface area contributed by atoms with E-state index in [9.17, 15) is 0 Å². The topological polar surface area (TPSA) is 0 Å². The van der Waals surface area contributed by atoms with Gasteiger partial charge in [-0.1, -0.05) is 63.0 Å². The first-order valence-corrected chi connectivity index (χ1v) is 7.73. The van der Waals surface area contributed by atoms with E-state index in [4.69, 9.17) is 0 Å². The van der Waals surface area contributed by atoms with E-state index in [1.54, 1.807) is 0 Å². The van der Waals surface area contributed by atoms with E-state index < -0.39 is 0 Å². The number of aryl methyl sites for hydroxylation is 1. The van der Waals surface area contributed by atoms with Gasteiger partial charge >= 0.3 is 0 Å². The predicted octanol–water partition coefficient (Wildman–Crippen LogP) is 5.95. The third-order valence-corrected chi connectivity index (χ3v) is 4.16. The zero-order chi connectivity index (χ0) is 13.0. The molecule has 0 nitrogen and oxygen atoms in total. The largest absolute Gasteiger partial charge is 0.0609 e. The Hall–Kier alpha value is -0.600. The monoisotopic (exact) mass is 366 g/mol. The number of rotatable bonds is 4. The van der Waals surface area contributed by atoms with Crippen LogP contribution in [-0.4, -0.2) is 0 Å². The van der Waals surface area contributed by atoms with Crippen LogP contribution >= 0.6 is 31.9 Å². The van der Waals surface area contributed by atoms with Crippen molar-refractivity contribution in [2.45, 2.75) is 25.7 Å². The highest BCUT2D eigenvalue weighted by atomic mass is 79.9. The van der Waals surface area contributed by atoms with Crippen molar-refractivity contribution >= 4 is 31.9 Å². The molecule has 18 heavy (non-hydrogen) atoms. The summed E-state index contributed by atoms with van der Waals surface area (Å²) in [6.07, 6.45) is 2.29. The highest BCUT2D eigenvalue weighted by Crippen LogP contribution is 2.24. The summed E-state index contributed by atoms with van der Waals surface area (Å²) in [6, 6.07) is 17.2. The molecule has 0 spiro atoms. The Morgan fingerprint density at radius 3 is 2.28 bits per heavy atom. The van der Waals surface area contributed by atoms with Crippen LogP contribution in [0.15, 0.2) is 57.5 Å². The Morgan fingerprint density at radius 1 is 0.944 bits per heavy atom. The molecule has 0 aliphatic carbocycles. The summed E-state index contributed by atoms with van der Waals surface area (Å²) in [6.45, 7) is 2.29. The van der Waals surface area contributed by atoms with Crippen molar-refractivity contribution in [2.24, 2.45) is 0 Å². The summed E-state index contributed by atoms with van der Waals surface area (Å²) in [5.41, 5.74) is 2.80. The molecule has 1 unspecified atom stereocenters. The SMILES string of the molecule is CC(CCc1cccc(Br)c1)c1cccc(Br)c1. The molecule has 2 aromatic carbocycles. The van der Waals surface area contributed by atoms with Gasteiger partial charge in [-0.15, -0.1) is 0 Å². The Kier molecular flexibility index (Phi) is 5.02. The fourth-order valence-electron chi connectivity index (χ4n) is 2.06. The zero-order valence-corrected chi connectivity index (χ0v) is 13.5. The second kappa shape index (κ2) is 6.53. The summed E-state index contributed by atoms with van der Waals surface area (Å²) in [4.78, 5) is 0. The molecule has 0 aromatic heterocycles. The molecule has 0 heterocycles. The van der Waals surface area contributed by atoms with Crippen molar-refractivity contribution in [3.63, 3.8) is 0 Å². The minimum absolute atomic E-state index is 0.585. The summed E-state index contributed by atoms with van der Waals surface area (Å²) >= 11 is 7.05. The van der Waals surface area contributed by atoms with E-state index in [2.05, 4.69) is 87.3 Å². The fourth-order valence-corrected chi connectivity index (χ4v) is 2.92. The average molecular weight is 368 g/mol. The van der Waals surface area contributed by atoms with Gasteiger partial charge in [0.15, 0.2) is 0 Å². The van der Waals surface area contributed by atoms with Crippen molar-refractivity contribution in [1.29, 1.82) is 0 Å². The van der Waals surface area contributed by atoms with E-state index in [1.165, 1.54) is 17.5 Å². The number of hydrogen-bond donors (Lipinski definition) is 0. The maximum atomic E-state index is 3.53. The van der Waals surface area contributed by atoms with Crippen LogP contribution in [0.25, 0.3) is 0 Å². The average Bonchev–Trinajstić information content (AvgIpc) is 2.36. The van der Waals surface area contributed by atoms with Crippen LogP contribution in [-0.2, 0) is 6.42 Å². The second-order valence-electron chi connectivity index (χ2n) is 4.62. The van der Waals surface area contributed by atoms with Gasteiger partial charge in [-0.25, -0.2) is 0 Å². The van der Waals surface area contributed by atoms with Crippen molar-refractivity contribution in [1.82, 2.24) is 0 Å². The number of hydrogen-bond acceptors (Lipinski definition) is 0. The molecule has 2 heteroatoms. The van der Waals surface area contributed by atoms with Crippen molar-refractivity contribution in [3.05, 3.63) is 68.6 Å². The summed E-state index contributed by atoms with van der Waals surface area (Å²) < 4.78 is 2.32.